The molecule has 0 radical (unpaired) electrons. The highest BCUT2D eigenvalue weighted by Gasteiger charge is 2.26. The second kappa shape index (κ2) is 6.32. The summed E-state index contributed by atoms with van der Waals surface area (Å²) >= 11 is 0. The van der Waals surface area contributed by atoms with Gasteiger partial charge in [-0.1, -0.05) is 31.2 Å². The van der Waals surface area contributed by atoms with E-state index in [0.29, 0.717) is 18.5 Å². The van der Waals surface area contributed by atoms with E-state index in [0.717, 1.165) is 26.1 Å². The van der Waals surface area contributed by atoms with E-state index < -0.39 is 0 Å². The lowest BCUT2D eigenvalue weighted by molar-refractivity contribution is 0.0775. The molecule has 3 heteroatoms. The van der Waals surface area contributed by atoms with Gasteiger partial charge in [-0.05, 0) is 23.5 Å². The lowest BCUT2D eigenvalue weighted by atomic mass is 9.94. The van der Waals surface area contributed by atoms with Crippen molar-refractivity contribution in [3.63, 3.8) is 0 Å². The first-order chi connectivity index (χ1) is 8.76. The van der Waals surface area contributed by atoms with Crippen LogP contribution in [-0.4, -0.2) is 37.7 Å². The topological polar surface area (TPSA) is 38.5 Å². The lowest BCUT2D eigenvalue weighted by Crippen LogP contribution is -2.48. The first-order valence-electron chi connectivity index (χ1n) is 6.76. The van der Waals surface area contributed by atoms with Gasteiger partial charge in [0, 0.05) is 32.8 Å². The predicted octanol–water partition coefficient (Wildman–Crippen LogP) is 1.65. The number of hydrogen-bond acceptors (Lipinski definition) is 3. The van der Waals surface area contributed by atoms with Gasteiger partial charge in [0.1, 0.15) is 0 Å². The molecule has 1 heterocycles. The summed E-state index contributed by atoms with van der Waals surface area (Å²) in [5, 5.41) is 0. The van der Waals surface area contributed by atoms with E-state index >= 15 is 0 Å². The third-order valence-corrected chi connectivity index (χ3v) is 3.96. The molecule has 0 saturated heterocycles. The first-order valence-corrected chi connectivity index (χ1v) is 6.76. The number of rotatable bonds is 5. The monoisotopic (exact) mass is 248 g/mol. The SMILES string of the molecule is COCC(C)C(CN)N1CCc2ccccc2C1. The molecule has 0 saturated carbocycles. The highest BCUT2D eigenvalue weighted by Crippen LogP contribution is 2.22. The minimum Gasteiger partial charge on any atom is -0.384 e. The van der Waals surface area contributed by atoms with Crippen molar-refractivity contribution in [3.8, 4) is 0 Å². The van der Waals surface area contributed by atoms with Gasteiger partial charge in [0.2, 0.25) is 0 Å². The molecule has 0 fully saturated rings. The number of methoxy groups -OCH3 is 1. The van der Waals surface area contributed by atoms with Crippen molar-refractivity contribution in [2.45, 2.75) is 25.9 Å². The first kappa shape index (κ1) is 13.5. The Labute approximate surface area is 110 Å². The number of ether oxygens (including phenoxy) is 1. The van der Waals surface area contributed by atoms with E-state index in [9.17, 15) is 0 Å². The summed E-state index contributed by atoms with van der Waals surface area (Å²) < 4.78 is 5.26. The maximum atomic E-state index is 5.96. The number of benzene rings is 1. The summed E-state index contributed by atoms with van der Waals surface area (Å²) in [6.07, 6.45) is 1.13. The Balaban J connectivity index is 2.06. The molecule has 1 aliphatic heterocycles. The van der Waals surface area contributed by atoms with Crippen molar-refractivity contribution in [1.82, 2.24) is 4.90 Å². The van der Waals surface area contributed by atoms with Crippen LogP contribution in [0.3, 0.4) is 0 Å². The van der Waals surface area contributed by atoms with Gasteiger partial charge >= 0.3 is 0 Å². The zero-order valence-electron chi connectivity index (χ0n) is 11.4. The average molecular weight is 248 g/mol. The Morgan fingerprint density at radius 3 is 2.72 bits per heavy atom. The molecular formula is C15H24N2O. The van der Waals surface area contributed by atoms with E-state index in [1.807, 2.05) is 0 Å². The van der Waals surface area contributed by atoms with Gasteiger partial charge in [0.15, 0.2) is 0 Å². The average Bonchev–Trinajstić information content (AvgIpc) is 2.40. The summed E-state index contributed by atoms with van der Waals surface area (Å²) in [6.45, 7) is 5.83. The molecule has 0 amide bonds. The summed E-state index contributed by atoms with van der Waals surface area (Å²) in [4.78, 5) is 2.51. The van der Waals surface area contributed by atoms with E-state index in [2.05, 4.69) is 36.1 Å². The van der Waals surface area contributed by atoms with E-state index in [4.69, 9.17) is 10.5 Å². The number of nitrogens with zero attached hydrogens (tertiary/aromatic N) is 1. The Kier molecular flexibility index (Phi) is 4.75. The highest BCUT2D eigenvalue weighted by molar-refractivity contribution is 5.29. The Hall–Kier alpha value is -0.900. The van der Waals surface area contributed by atoms with Crippen LogP contribution in [0.4, 0.5) is 0 Å². The van der Waals surface area contributed by atoms with Crippen LogP contribution < -0.4 is 5.73 Å². The van der Waals surface area contributed by atoms with Crippen molar-refractivity contribution in [3.05, 3.63) is 35.4 Å². The van der Waals surface area contributed by atoms with Crippen molar-refractivity contribution in [1.29, 1.82) is 0 Å². The normalized spacial score (nSPS) is 19.3. The minimum absolute atomic E-state index is 0.415. The van der Waals surface area contributed by atoms with Crippen LogP contribution in [0.15, 0.2) is 24.3 Å². The third kappa shape index (κ3) is 2.91. The van der Waals surface area contributed by atoms with E-state index in [1.54, 1.807) is 7.11 Å². The fourth-order valence-electron chi connectivity index (χ4n) is 2.92. The molecule has 18 heavy (non-hydrogen) atoms. The summed E-state index contributed by atoms with van der Waals surface area (Å²) in [6, 6.07) is 9.14. The maximum absolute atomic E-state index is 5.96. The molecule has 100 valence electrons. The van der Waals surface area contributed by atoms with Gasteiger partial charge in [-0.15, -0.1) is 0 Å². The van der Waals surface area contributed by atoms with Gasteiger partial charge < -0.3 is 10.5 Å². The minimum atomic E-state index is 0.415. The zero-order chi connectivity index (χ0) is 13.0. The predicted molar refractivity (Wildman–Crippen MR) is 74.4 cm³/mol. The van der Waals surface area contributed by atoms with Crippen LogP contribution in [0, 0.1) is 5.92 Å². The molecule has 1 aliphatic rings. The molecule has 2 atom stereocenters. The van der Waals surface area contributed by atoms with Gasteiger partial charge in [-0.25, -0.2) is 0 Å². The quantitative estimate of drug-likeness (QED) is 0.861. The summed E-state index contributed by atoms with van der Waals surface area (Å²) in [5.74, 6) is 0.477. The zero-order valence-corrected chi connectivity index (χ0v) is 11.4. The van der Waals surface area contributed by atoms with Gasteiger partial charge in [0.05, 0.1) is 6.61 Å². The van der Waals surface area contributed by atoms with Crippen molar-refractivity contribution < 1.29 is 4.74 Å². The van der Waals surface area contributed by atoms with Crippen molar-refractivity contribution in [2.24, 2.45) is 11.7 Å². The molecular weight excluding hydrogens is 224 g/mol. The van der Waals surface area contributed by atoms with E-state index in [1.165, 1.54) is 11.1 Å². The summed E-state index contributed by atoms with van der Waals surface area (Å²) in [5.41, 5.74) is 8.90. The third-order valence-electron chi connectivity index (χ3n) is 3.96. The summed E-state index contributed by atoms with van der Waals surface area (Å²) in [7, 11) is 1.76. The van der Waals surface area contributed by atoms with Gasteiger partial charge in [0.25, 0.3) is 0 Å². The van der Waals surface area contributed by atoms with Crippen LogP contribution in [0.2, 0.25) is 0 Å². The van der Waals surface area contributed by atoms with Crippen LogP contribution in [0.25, 0.3) is 0 Å². The largest absolute Gasteiger partial charge is 0.384 e. The smallest absolute Gasteiger partial charge is 0.0503 e. The van der Waals surface area contributed by atoms with Gasteiger partial charge in [-0.2, -0.15) is 0 Å². The second-order valence-corrected chi connectivity index (χ2v) is 5.22. The maximum Gasteiger partial charge on any atom is 0.0503 e. The molecule has 0 bridgehead atoms. The lowest BCUT2D eigenvalue weighted by Gasteiger charge is -2.38. The Morgan fingerprint density at radius 1 is 1.33 bits per heavy atom. The van der Waals surface area contributed by atoms with Crippen LogP contribution >= 0.6 is 0 Å². The fourth-order valence-corrected chi connectivity index (χ4v) is 2.92. The molecule has 1 aromatic carbocycles. The molecule has 3 nitrogen and oxygen atoms in total. The standard InChI is InChI=1S/C15H24N2O/c1-12(11-18-2)15(9-16)17-8-7-13-5-3-4-6-14(13)10-17/h3-6,12,15H,7-11,16H2,1-2H3. The van der Waals surface area contributed by atoms with E-state index in [-0.39, 0.29) is 0 Å². The number of nitrogens with two attached hydrogens (primary N) is 1. The molecule has 2 unspecified atom stereocenters. The Morgan fingerprint density at radius 2 is 2.06 bits per heavy atom. The second-order valence-electron chi connectivity index (χ2n) is 5.22. The van der Waals surface area contributed by atoms with Gasteiger partial charge in [-0.3, -0.25) is 4.90 Å². The molecule has 2 rings (SSSR count). The fraction of sp³-hybridized carbons (Fsp3) is 0.600. The van der Waals surface area contributed by atoms with Crippen molar-refractivity contribution in [2.75, 3.05) is 26.8 Å². The number of fused-ring (bicyclic) bond motifs is 1. The molecule has 2 N–H and O–H groups in total. The highest BCUT2D eigenvalue weighted by atomic mass is 16.5. The molecule has 0 aromatic heterocycles. The van der Waals surface area contributed by atoms with Crippen LogP contribution in [-0.2, 0) is 17.7 Å². The van der Waals surface area contributed by atoms with Crippen LogP contribution in [0.5, 0.6) is 0 Å². The van der Waals surface area contributed by atoms with Crippen molar-refractivity contribution >= 4 is 0 Å². The number of hydrogen-bond donors (Lipinski definition) is 1. The van der Waals surface area contributed by atoms with Crippen LogP contribution in [0.1, 0.15) is 18.1 Å². The molecule has 0 spiro atoms. The molecule has 1 aromatic rings. The molecule has 0 aliphatic carbocycles. The Bertz CT molecular complexity index is 381.